The maximum Gasteiger partial charge on any atom is 0.266 e. The van der Waals surface area contributed by atoms with E-state index in [-0.39, 0.29) is 11.7 Å². The fourth-order valence-electron chi connectivity index (χ4n) is 2.39. The molecule has 20 heavy (non-hydrogen) atoms. The zero-order chi connectivity index (χ0) is 14.3. The number of carbonyl (C=O) groups is 1. The first-order chi connectivity index (χ1) is 9.56. The van der Waals surface area contributed by atoms with Crippen LogP contribution in [0.3, 0.4) is 0 Å². The molecule has 0 aliphatic carbocycles. The highest BCUT2D eigenvalue weighted by Crippen LogP contribution is 2.35. The smallest absolute Gasteiger partial charge is 0.266 e. The molecule has 0 spiro atoms. The van der Waals surface area contributed by atoms with Crippen LogP contribution in [-0.4, -0.2) is 34.9 Å². The van der Waals surface area contributed by atoms with Crippen molar-refractivity contribution in [3.05, 3.63) is 28.9 Å². The number of nitrogens with two attached hydrogens (primary N) is 1. The number of nitrogen functional groups attached to an aromatic ring is 1. The number of hydrogen-bond acceptors (Lipinski definition) is 4. The number of carbonyl (C=O) groups excluding carboxylic acids is 1. The minimum atomic E-state index is -0.330. The largest absolute Gasteiger partial charge is 0.397 e. The topological polar surface area (TPSA) is 46.3 Å². The summed E-state index contributed by atoms with van der Waals surface area (Å²) < 4.78 is 14.1. The highest BCUT2D eigenvalue weighted by Gasteiger charge is 2.26. The van der Waals surface area contributed by atoms with Gasteiger partial charge in [0, 0.05) is 34.2 Å². The van der Waals surface area contributed by atoms with Crippen molar-refractivity contribution in [1.82, 2.24) is 4.90 Å². The lowest BCUT2D eigenvalue weighted by molar-refractivity contribution is 0.0769. The van der Waals surface area contributed by atoms with Crippen LogP contribution in [0.2, 0.25) is 0 Å². The molecule has 1 aliphatic rings. The Labute approximate surface area is 124 Å². The Balaban J connectivity index is 1.97. The Kier molecular flexibility index (Phi) is 3.60. The molecule has 2 aromatic rings. The molecule has 0 bridgehead atoms. The standard InChI is InChI=1S/C14H15FN2OS2/c1-8-7-17(4-5-19-8)14(18)13-12(16)10-6-9(15)2-3-11(10)20-13/h2-3,6,8H,4-5,7,16H2,1H3. The van der Waals surface area contributed by atoms with Crippen molar-refractivity contribution in [2.75, 3.05) is 24.6 Å². The van der Waals surface area contributed by atoms with Gasteiger partial charge in [-0.05, 0) is 18.2 Å². The molecule has 1 amide bonds. The first-order valence-corrected chi connectivity index (χ1v) is 8.31. The van der Waals surface area contributed by atoms with Crippen molar-refractivity contribution in [3.8, 4) is 0 Å². The second-order valence-electron chi connectivity index (χ2n) is 4.92. The molecule has 3 rings (SSSR count). The van der Waals surface area contributed by atoms with Crippen molar-refractivity contribution in [1.29, 1.82) is 0 Å². The van der Waals surface area contributed by atoms with Crippen molar-refractivity contribution in [2.24, 2.45) is 0 Å². The van der Waals surface area contributed by atoms with Crippen LogP contribution >= 0.6 is 23.1 Å². The Morgan fingerprint density at radius 2 is 2.30 bits per heavy atom. The first-order valence-electron chi connectivity index (χ1n) is 6.44. The van der Waals surface area contributed by atoms with Crippen LogP contribution in [0.15, 0.2) is 18.2 Å². The van der Waals surface area contributed by atoms with Crippen LogP contribution in [0.25, 0.3) is 10.1 Å². The number of thiophene rings is 1. The lowest BCUT2D eigenvalue weighted by atomic mass is 10.2. The number of fused-ring (bicyclic) bond motifs is 1. The average molecular weight is 310 g/mol. The van der Waals surface area contributed by atoms with Gasteiger partial charge >= 0.3 is 0 Å². The number of nitrogens with zero attached hydrogens (tertiary/aromatic N) is 1. The van der Waals surface area contributed by atoms with Crippen LogP contribution < -0.4 is 5.73 Å². The summed E-state index contributed by atoms with van der Waals surface area (Å²) in [5.74, 6) is 0.590. The second-order valence-corrected chi connectivity index (χ2v) is 7.52. The third kappa shape index (κ3) is 2.38. The molecule has 2 N–H and O–H groups in total. The Hall–Kier alpha value is -1.27. The number of amides is 1. The maximum absolute atomic E-state index is 13.3. The Bertz CT molecular complexity index is 670. The third-order valence-electron chi connectivity index (χ3n) is 3.41. The monoisotopic (exact) mass is 310 g/mol. The van der Waals surface area contributed by atoms with E-state index >= 15 is 0 Å². The number of anilines is 1. The lowest BCUT2D eigenvalue weighted by Crippen LogP contribution is -2.40. The minimum absolute atomic E-state index is 0.0312. The zero-order valence-corrected chi connectivity index (χ0v) is 12.7. The summed E-state index contributed by atoms with van der Waals surface area (Å²) in [6, 6.07) is 4.47. The molecule has 1 saturated heterocycles. The summed E-state index contributed by atoms with van der Waals surface area (Å²) in [6.45, 7) is 3.61. The van der Waals surface area contributed by atoms with E-state index in [2.05, 4.69) is 6.92 Å². The Morgan fingerprint density at radius 3 is 3.05 bits per heavy atom. The number of hydrogen-bond donors (Lipinski definition) is 1. The van der Waals surface area contributed by atoms with Crippen molar-refractivity contribution >= 4 is 44.8 Å². The van der Waals surface area contributed by atoms with Crippen molar-refractivity contribution in [2.45, 2.75) is 12.2 Å². The van der Waals surface area contributed by atoms with Gasteiger partial charge in [-0.3, -0.25) is 4.79 Å². The minimum Gasteiger partial charge on any atom is -0.397 e. The fraction of sp³-hybridized carbons (Fsp3) is 0.357. The molecule has 1 unspecified atom stereocenters. The van der Waals surface area contributed by atoms with Crippen LogP contribution in [0.1, 0.15) is 16.6 Å². The molecular formula is C14H15FN2OS2. The molecular weight excluding hydrogens is 295 g/mol. The van der Waals surface area contributed by atoms with E-state index in [0.29, 0.717) is 21.2 Å². The summed E-state index contributed by atoms with van der Waals surface area (Å²) in [4.78, 5) is 15.0. The predicted molar refractivity (Wildman–Crippen MR) is 84.0 cm³/mol. The average Bonchev–Trinajstić information content (AvgIpc) is 2.75. The van der Waals surface area contributed by atoms with Crippen molar-refractivity contribution in [3.63, 3.8) is 0 Å². The van der Waals surface area contributed by atoms with E-state index in [1.54, 1.807) is 6.07 Å². The van der Waals surface area contributed by atoms with Gasteiger partial charge in [-0.2, -0.15) is 11.8 Å². The predicted octanol–water partition coefficient (Wildman–Crippen LogP) is 3.20. The van der Waals surface area contributed by atoms with E-state index < -0.39 is 0 Å². The SMILES string of the molecule is CC1CN(C(=O)c2sc3ccc(F)cc3c2N)CCS1. The normalized spacial score (nSPS) is 19.5. The molecule has 2 heterocycles. The number of rotatable bonds is 1. The second kappa shape index (κ2) is 5.26. The summed E-state index contributed by atoms with van der Waals surface area (Å²) in [6.07, 6.45) is 0. The molecule has 0 radical (unpaired) electrons. The highest BCUT2D eigenvalue weighted by atomic mass is 32.2. The van der Waals surface area contributed by atoms with Gasteiger partial charge in [0.1, 0.15) is 10.7 Å². The van der Waals surface area contributed by atoms with Gasteiger partial charge in [-0.1, -0.05) is 6.92 Å². The van der Waals surface area contributed by atoms with Gasteiger partial charge in [0.15, 0.2) is 0 Å². The van der Waals surface area contributed by atoms with Crippen molar-refractivity contribution < 1.29 is 9.18 Å². The van der Waals surface area contributed by atoms with Gasteiger partial charge < -0.3 is 10.6 Å². The molecule has 1 aromatic carbocycles. The summed E-state index contributed by atoms with van der Waals surface area (Å²) in [5.41, 5.74) is 6.44. The van der Waals surface area contributed by atoms with Gasteiger partial charge in [-0.15, -0.1) is 11.3 Å². The van der Waals surface area contributed by atoms with Crippen LogP contribution in [0.5, 0.6) is 0 Å². The van der Waals surface area contributed by atoms with Crippen LogP contribution in [0, 0.1) is 5.82 Å². The molecule has 1 aromatic heterocycles. The maximum atomic E-state index is 13.3. The molecule has 3 nitrogen and oxygen atoms in total. The Morgan fingerprint density at radius 1 is 1.50 bits per heavy atom. The molecule has 1 aliphatic heterocycles. The number of thioether (sulfide) groups is 1. The lowest BCUT2D eigenvalue weighted by Gasteiger charge is -2.30. The summed E-state index contributed by atoms with van der Waals surface area (Å²) in [7, 11) is 0. The molecule has 0 saturated carbocycles. The van der Waals surface area contributed by atoms with Crippen LogP contribution in [-0.2, 0) is 0 Å². The molecule has 6 heteroatoms. The van der Waals surface area contributed by atoms with Gasteiger partial charge in [0.25, 0.3) is 5.91 Å². The van der Waals surface area contributed by atoms with E-state index in [4.69, 9.17) is 5.73 Å². The van der Waals surface area contributed by atoms with Gasteiger partial charge in [-0.25, -0.2) is 4.39 Å². The van der Waals surface area contributed by atoms with E-state index in [9.17, 15) is 9.18 Å². The third-order valence-corrected chi connectivity index (χ3v) is 5.72. The quantitative estimate of drug-likeness (QED) is 0.880. The molecule has 1 fully saturated rings. The molecule has 1 atom stereocenters. The number of benzene rings is 1. The van der Waals surface area contributed by atoms with Gasteiger partial charge in [0.05, 0.1) is 5.69 Å². The highest BCUT2D eigenvalue weighted by molar-refractivity contribution is 7.99. The summed E-state index contributed by atoms with van der Waals surface area (Å²) >= 11 is 3.22. The van der Waals surface area contributed by atoms with E-state index in [0.717, 1.165) is 23.5 Å². The zero-order valence-electron chi connectivity index (χ0n) is 11.1. The fourth-order valence-corrected chi connectivity index (χ4v) is 4.48. The van der Waals surface area contributed by atoms with E-state index in [1.165, 1.54) is 23.5 Å². The molecule has 106 valence electrons. The van der Waals surface area contributed by atoms with Crippen LogP contribution in [0.4, 0.5) is 10.1 Å². The number of halogens is 1. The summed E-state index contributed by atoms with van der Waals surface area (Å²) in [5, 5.41) is 1.08. The van der Waals surface area contributed by atoms with E-state index in [1.807, 2.05) is 16.7 Å². The first kappa shape index (κ1) is 13.7. The van der Waals surface area contributed by atoms with Gasteiger partial charge in [0.2, 0.25) is 0 Å².